The highest BCUT2D eigenvalue weighted by molar-refractivity contribution is 6.43. The lowest BCUT2D eigenvalue weighted by Crippen LogP contribution is -2.54. The van der Waals surface area contributed by atoms with Crippen molar-refractivity contribution in [3.8, 4) is 0 Å². The van der Waals surface area contributed by atoms with E-state index in [1.807, 2.05) is 13.8 Å². The number of nitrogens with zero attached hydrogens (tertiary/aromatic N) is 1. The first-order valence-corrected chi connectivity index (χ1v) is 10.9. The van der Waals surface area contributed by atoms with E-state index in [1.54, 1.807) is 12.5 Å². The van der Waals surface area contributed by atoms with E-state index in [-0.39, 0.29) is 45.1 Å². The third kappa shape index (κ3) is 17.0. The first-order valence-electron chi connectivity index (χ1n) is 10.9. The Hall–Kier alpha value is -2.53. The van der Waals surface area contributed by atoms with Crippen LogP contribution in [-0.2, 0) is 23.8 Å². The molecule has 16 heteroatoms. The molecule has 0 saturated heterocycles. The Bertz CT molecular complexity index is 627. The number of hydrogen-bond donors (Lipinski definition) is 7. The average Bonchev–Trinajstić information content (AvgIpc) is 2.73. The van der Waals surface area contributed by atoms with E-state index in [2.05, 4.69) is 16.0 Å². The number of guanidine groups is 1. The van der Waals surface area contributed by atoms with E-state index in [0.29, 0.717) is 19.6 Å². The Kier molecular flexibility index (Phi) is 17.5. The van der Waals surface area contributed by atoms with E-state index in [0.717, 1.165) is 0 Å². The molecule has 0 aromatic heterocycles. The SMILES string of the molecule is COCCOCCOCC(=O)N[C@@H](CCCNC(=N)N[N+](=O)[O-])C(=O)N[C@@H](CC(C)C)B(O)O. The lowest BCUT2D eigenvalue weighted by Gasteiger charge is -2.24. The van der Waals surface area contributed by atoms with Gasteiger partial charge in [-0.15, -0.1) is 0 Å². The van der Waals surface area contributed by atoms with E-state index in [1.165, 1.54) is 0 Å². The fraction of sp³-hybridized carbons (Fsp3) is 0.833. The van der Waals surface area contributed by atoms with Crippen LogP contribution in [-0.4, -0.2) is 98.6 Å². The molecular formula is C18H37BN6O9. The van der Waals surface area contributed by atoms with Gasteiger partial charge in [-0.2, -0.15) is 0 Å². The highest BCUT2D eigenvalue weighted by Gasteiger charge is 2.29. The number of carbonyl (C=O) groups excluding carboxylic acids is 2. The molecule has 0 aromatic rings. The second kappa shape index (κ2) is 18.9. The van der Waals surface area contributed by atoms with E-state index >= 15 is 0 Å². The summed E-state index contributed by atoms with van der Waals surface area (Å²) in [7, 11) is -0.230. The monoisotopic (exact) mass is 492 g/mol. The molecule has 0 saturated carbocycles. The molecule has 34 heavy (non-hydrogen) atoms. The van der Waals surface area contributed by atoms with Crippen LogP contribution in [0.1, 0.15) is 33.1 Å². The second-order valence-corrected chi connectivity index (χ2v) is 7.75. The number of hydrogen-bond acceptors (Lipinski definition) is 10. The van der Waals surface area contributed by atoms with Gasteiger partial charge < -0.3 is 40.2 Å². The van der Waals surface area contributed by atoms with Crippen LogP contribution in [0.15, 0.2) is 0 Å². The number of carbonyl (C=O) groups is 2. The minimum atomic E-state index is -1.78. The van der Waals surface area contributed by atoms with Crippen LogP contribution in [0.25, 0.3) is 0 Å². The van der Waals surface area contributed by atoms with Crippen LogP contribution >= 0.6 is 0 Å². The highest BCUT2D eigenvalue weighted by atomic mass is 16.7. The number of nitro groups is 1. The Labute approximate surface area is 199 Å². The van der Waals surface area contributed by atoms with E-state index < -0.39 is 41.9 Å². The van der Waals surface area contributed by atoms with Crippen molar-refractivity contribution in [2.45, 2.75) is 45.1 Å². The molecule has 0 spiro atoms. The predicted octanol–water partition coefficient (Wildman–Crippen LogP) is -2.22. The Morgan fingerprint density at radius 3 is 2.35 bits per heavy atom. The lowest BCUT2D eigenvalue weighted by molar-refractivity contribution is -0.525. The van der Waals surface area contributed by atoms with Crippen molar-refractivity contribution in [1.82, 2.24) is 21.4 Å². The number of ether oxygens (including phenoxy) is 3. The molecule has 2 amide bonds. The van der Waals surface area contributed by atoms with Crippen LogP contribution in [0.2, 0.25) is 0 Å². The second-order valence-electron chi connectivity index (χ2n) is 7.75. The largest absolute Gasteiger partial charge is 0.475 e. The summed E-state index contributed by atoms with van der Waals surface area (Å²) in [6.07, 6.45) is 0.693. The standard InChI is InChI=1S/C18H37BN6O9/c1-13(2)11-15(19(28)29)23-17(27)14(5-4-6-21-18(20)24-25(30)31)22-16(26)12-34-10-9-33-8-7-32-3/h13-15,28-29H,4-12H2,1-3H3,(H,22,26)(H,23,27)(H3,20,21,24)/t14-,15-/m0/s1. The normalized spacial score (nSPS) is 12.5. The Morgan fingerprint density at radius 1 is 1.12 bits per heavy atom. The minimum Gasteiger partial charge on any atom is -0.426 e. The molecule has 0 aromatic carbocycles. The first-order chi connectivity index (χ1) is 16.1. The van der Waals surface area contributed by atoms with Gasteiger partial charge in [0, 0.05) is 13.7 Å². The topological polar surface area (TPSA) is 217 Å². The van der Waals surface area contributed by atoms with Crippen LogP contribution in [0.4, 0.5) is 0 Å². The molecule has 0 fully saturated rings. The molecule has 0 radical (unpaired) electrons. The maximum atomic E-state index is 12.7. The zero-order valence-electron chi connectivity index (χ0n) is 19.9. The summed E-state index contributed by atoms with van der Waals surface area (Å²) in [5, 5.41) is 43.4. The highest BCUT2D eigenvalue weighted by Crippen LogP contribution is 2.07. The Balaban J connectivity index is 4.78. The summed E-state index contributed by atoms with van der Waals surface area (Å²) in [6, 6.07) is -1.03. The smallest absolute Gasteiger partial charge is 0.426 e. The van der Waals surface area contributed by atoms with Gasteiger partial charge in [0.15, 0.2) is 5.03 Å². The van der Waals surface area contributed by atoms with Crippen LogP contribution in [0.3, 0.4) is 0 Å². The van der Waals surface area contributed by atoms with Crippen molar-refractivity contribution in [3.63, 3.8) is 0 Å². The predicted molar refractivity (Wildman–Crippen MR) is 122 cm³/mol. The number of amides is 2. The van der Waals surface area contributed by atoms with Gasteiger partial charge in [0.25, 0.3) is 5.96 Å². The quantitative estimate of drug-likeness (QED) is 0.0256. The van der Waals surface area contributed by atoms with Crippen molar-refractivity contribution in [3.05, 3.63) is 10.1 Å². The number of methoxy groups -OCH3 is 1. The lowest BCUT2D eigenvalue weighted by atomic mass is 9.75. The summed E-state index contributed by atoms with van der Waals surface area (Å²) in [5.41, 5.74) is 1.64. The molecule has 0 unspecified atom stereocenters. The molecule has 0 bridgehead atoms. The van der Waals surface area contributed by atoms with Crippen LogP contribution < -0.4 is 21.4 Å². The van der Waals surface area contributed by atoms with Crippen LogP contribution in [0.5, 0.6) is 0 Å². The van der Waals surface area contributed by atoms with Gasteiger partial charge in [0.05, 0.1) is 32.4 Å². The van der Waals surface area contributed by atoms with E-state index in [9.17, 15) is 29.8 Å². The summed E-state index contributed by atoms with van der Waals surface area (Å²) in [5.74, 6) is -2.55. The molecule has 15 nitrogen and oxygen atoms in total. The van der Waals surface area contributed by atoms with E-state index in [4.69, 9.17) is 19.6 Å². The van der Waals surface area contributed by atoms with Crippen molar-refractivity contribution >= 4 is 24.9 Å². The van der Waals surface area contributed by atoms with Gasteiger partial charge in [-0.25, -0.2) is 10.1 Å². The summed E-state index contributed by atoms with van der Waals surface area (Å²) in [6.45, 7) is 4.78. The fourth-order valence-corrected chi connectivity index (χ4v) is 2.73. The Morgan fingerprint density at radius 2 is 1.76 bits per heavy atom. The van der Waals surface area contributed by atoms with Gasteiger partial charge in [-0.05, 0) is 25.2 Å². The summed E-state index contributed by atoms with van der Waals surface area (Å²) < 4.78 is 15.3. The molecule has 7 N–H and O–H groups in total. The fourth-order valence-electron chi connectivity index (χ4n) is 2.73. The van der Waals surface area contributed by atoms with Gasteiger partial charge >= 0.3 is 7.12 Å². The molecule has 196 valence electrons. The molecule has 0 aliphatic carbocycles. The zero-order valence-corrected chi connectivity index (χ0v) is 19.9. The molecule has 0 heterocycles. The van der Waals surface area contributed by atoms with Gasteiger partial charge in [0.1, 0.15) is 12.6 Å². The third-order valence-corrected chi connectivity index (χ3v) is 4.28. The molecular weight excluding hydrogens is 455 g/mol. The molecule has 2 atom stereocenters. The zero-order chi connectivity index (χ0) is 25.9. The molecule has 0 aliphatic heterocycles. The van der Waals surface area contributed by atoms with Gasteiger partial charge in [0.2, 0.25) is 11.8 Å². The van der Waals surface area contributed by atoms with Crippen LogP contribution in [0, 0.1) is 21.4 Å². The third-order valence-electron chi connectivity index (χ3n) is 4.28. The van der Waals surface area contributed by atoms with Gasteiger partial charge in [-0.1, -0.05) is 19.3 Å². The van der Waals surface area contributed by atoms with Gasteiger partial charge in [-0.3, -0.25) is 15.0 Å². The van der Waals surface area contributed by atoms with Crippen molar-refractivity contribution in [2.24, 2.45) is 5.92 Å². The summed E-state index contributed by atoms with van der Waals surface area (Å²) in [4.78, 5) is 35.3. The average molecular weight is 492 g/mol. The van der Waals surface area contributed by atoms with Crippen molar-refractivity contribution in [2.75, 3.05) is 46.7 Å². The number of hydrazine groups is 1. The summed E-state index contributed by atoms with van der Waals surface area (Å²) >= 11 is 0. The first kappa shape index (κ1) is 31.5. The number of nitrogens with one attached hydrogen (secondary N) is 5. The number of rotatable bonds is 19. The molecule has 0 aliphatic rings. The van der Waals surface area contributed by atoms with Crippen molar-refractivity contribution < 1.29 is 38.9 Å². The molecule has 0 rings (SSSR count). The van der Waals surface area contributed by atoms with Crippen molar-refractivity contribution in [1.29, 1.82) is 5.41 Å². The maximum Gasteiger partial charge on any atom is 0.475 e. The minimum absolute atomic E-state index is 0.0731. The maximum absolute atomic E-state index is 12.7.